The first-order valence-electron chi connectivity index (χ1n) is 17.3. The zero-order valence-corrected chi connectivity index (χ0v) is 30.1. The number of pyridine rings is 1. The summed E-state index contributed by atoms with van der Waals surface area (Å²) < 4.78 is 0. The van der Waals surface area contributed by atoms with Crippen molar-refractivity contribution in [3.05, 3.63) is 161 Å². The third-order valence-electron chi connectivity index (χ3n) is 11.6. The first-order valence-corrected chi connectivity index (χ1v) is 18.4. The van der Waals surface area contributed by atoms with Crippen LogP contribution in [0.2, 0.25) is 15.1 Å². The Morgan fingerprint density at radius 3 is 1.71 bits per heavy atom. The standard InChI is InChI=1S/C45H17Cl3N2O5/c46-29-14-28-34(38(48)37(29)47)45(55)36-24(43(28)53)9-6-18-16-5-8-22-32-17(11-12-30(33(16)32)49-39(18)36)25-13-26-19-7-10-23-35(40(19)50-31(26)15-27(25)42(22)52)44(54)21-4-2-1-3-20(21)41(23)51/h1-15,49-50H. The third-order valence-corrected chi connectivity index (χ3v) is 12.9. The van der Waals surface area contributed by atoms with E-state index < -0.39 is 11.6 Å². The molecule has 0 fully saturated rings. The zero-order chi connectivity index (χ0) is 37.3. The topological polar surface area (TPSA) is 117 Å². The summed E-state index contributed by atoms with van der Waals surface area (Å²) in [5.41, 5.74) is 4.12. The lowest BCUT2D eigenvalue weighted by atomic mass is 9.82. The second-order valence-corrected chi connectivity index (χ2v) is 15.3. The highest BCUT2D eigenvalue weighted by molar-refractivity contribution is 6.51. The van der Waals surface area contributed by atoms with Crippen LogP contribution in [0.25, 0.3) is 75.9 Å². The van der Waals surface area contributed by atoms with Crippen LogP contribution in [0.3, 0.4) is 0 Å². The van der Waals surface area contributed by atoms with E-state index in [1.54, 1.807) is 42.5 Å². The van der Waals surface area contributed by atoms with Crippen molar-refractivity contribution in [1.82, 2.24) is 9.97 Å². The molecule has 2 aliphatic rings. The molecule has 0 spiro atoms. The van der Waals surface area contributed by atoms with Crippen molar-refractivity contribution < 1.29 is 19.2 Å². The van der Waals surface area contributed by atoms with E-state index in [-0.39, 0.29) is 54.3 Å². The quantitative estimate of drug-likeness (QED) is 0.0904. The van der Waals surface area contributed by atoms with E-state index >= 15 is 0 Å². The summed E-state index contributed by atoms with van der Waals surface area (Å²) in [7, 11) is 0. The van der Waals surface area contributed by atoms with Crippen LogP contribution in [0.15, 0.2) is 95.8 Å². The SMILES string of the molecule is O=C1c2ccccc2C(=O)c2c1ccc1c2[nH]c2cc3c(=O)c4ccc5c6ccc7c(c6[nH]c6ccc(c3cc21)c4c65)C(=O)c1c(cc(Cl)c(Cl)c1Cl)C7=O. The van der Waals surface area contributed by atoms with Crippen molar-refractivity contribution >= 4 is 134 Å². The molecule has 0 aliphatic heterocycles. The maximum atomic E-state index is 14.4. The Balaban J connectivity index is 1.13. The highest BCUT2D eigenvalue weighted by Gasteiger charge is 2.36. The normalized spacial score (nSPS) is 13.9. The Labute approximate surface area is 322 Å². The first kappa shape index (κ1) is 31.0. The van der Waals surface area contributed by atoms with Crippen molar-refractivity contribution in [2.45, 2.75) is 0 Å². The average molecular weight is 772 g/mol. The number of hydrogen-bond acceptors (Lipinski definition) is 5. The van der Waals surface area contributed by atoms with Crippen molar-refractivity contribution in [2.75, 3.05) is 0 Å². The monoisotopic (exact) mass is 770 g/mol. The average Bonchev–Trinajstić information content (AvgIpc) is 3.57. The number of rotatable bonds is 0. The van der Waals surface area contributed by atoms with E-state index in [9.17, 15) is 24.0 Å². The number of aromatic amines is 2. The van der Waals surface area contributed by atoms with E-state index in [2.05, 4.69) is 9.97 Å². The summed E-state index contributed by atoms with van der Waals surface area (Å²) in [4.78, 5) is 76.5. The van der Waals surface area contributed by atoms with E-state index in [1.165, 1.54) is 6.07 Å². The molecule has 10 aromatic rings. The van der Waals surface area contributed by atoms with Gasteiger partial charge in [-0.2, -0.15) is 0 Å². The van der Waals surface area contributed by atoms with Gasteiger partial charge in [-0.15, -0.1) is 0 Å². The van der Waals surface area contributed by atoms with Crippen molar-refractivity contribution in [1.29, 1.82) is 0 Å². The van der Waals surface area contributed by atoms with Crippen molar-refractivity contribution in [2.24, 2.45) is 0 Å². The minimum absolute atomic E-state index is 0.00217. The summed E-state index contributed by atoms with van der Waals surface area (Å²) in [5.74, 6) is -1.27. The fourth-order valence-corrected chi connectivity index (χ4v) is 9.87. The molecule has 0 radical (unpaired) electrons. The minimum atomic E-state index is -0.449. The van der Waals surface area contributed by atoms with Gasteiger partial charge in [0.15, 0.2) is 28.6 Å². The lowest BCUT2D eigenvalue weighted by Gasteiger charge is -2.22. The van der Waals surface area contributed by atoms with Crippen LogP contribution in [-0.4, -0.2) is 33.1 Å². The molecule has 0 bridgehead atoms. The van der Waals surface area contributed by atoms with Gasteiger partial charge in [0.1, 0.15) is 0 Å². The Bertz CT molecular complexity index is 3690. The minimum Gasteiger partial charge on any atom is -0.354 e. The molecule has 2 N–H and O–H groups in total. The molecular weight excluding hydrogens is 755 g/mol. The maximum absolute atomic E-state index is 14.4. The summed E-state index contributed by atoms with van der Waals surface area (Å²) >= 11 is 19.1. The lowest BCUT2D eigenvalue weighted by Crippen LogP contribution is -2.22. The van der Waals surface area contributed by atoms with Gasteiger partial charge in [-0.3, -0.25) is 24.0 Å². The molecule has 8 aromatic carbocycles. The highest BCUT2D eigenvalue weighted by atomic mass is 35.5. The van der Waals surface area contributed by atoms with Crippen LogP contribution in [0.1, 0.15) is 63.7 Å². The largest absolute Gasteiger partial charge is 0.354 e. The van der Waals surface area contributed by atoms with E-state index in [4.69, 9.17) is 34.8 Å². The van der Waals surface area contributed by atoms with E-state index in [1.807, 2.05) is 42.5 Å². The molecule has 12 rings (SSSR count). The van der Waals surface area contributed by atoms with Gasteiger partial charge in [-0.25, -0.2) is 0 Å². The molecule has 0 saturated heterocycles. The van der Waals surface area contributed by atoms with Crippen molar-refractivity contribution in [3.8, 4) is 0 Å². The number of nitrogens with one attached hydrogen (secondary N) is 2. The van der Waals surface area contributed by atoms with Gasteiger partial charge in [-0.1, -0.05) is 83.3 Å². The van der Waals surface area contributed by atoms with Gasteiger partial charge < -0.3 is 9.97 Å². The molecular formula is C45H17Cl3N2O5. The third kappa shape index (κ3) is 3.66. The molecule has 0 unspecified atom stereocenters. The van der Waals surface area contributed by atoms with E-state index in [0.717, 1.165) is 37.7 Å². The van der Waals surface area contributed by atoms with Crippen LogP contribution in [-0.2, 0) is 0 Å². The van der Waals surface area contributed by atoms with Gasteiger partial charge in [-0.05, 0) is 58.6 Å². The molecule has 2 aromatic heterocycles. The van der Waals surface area contributed by atoms with Gasteiger partial charge >= 0.3 is 0 Å². The van der Waals surface area contributed by atoms with Crippen LogP contribution >= 0.6 is 34.8 Å². The molecule has 2 heterocycles. The molecule has 7 nitrogen and oxygen atoms in total. The van der Waals surface area contributed by atoms with Gasteiger partial charge in [0.25, 0.3) is 0 Å². The Hall–Kier alpha value is -6.38. The molecule has 258 valence electrons. The highest BCUT2D eigenvalue weighted by Crippen LogP contribution is 2.45. The summed E-state index contributed by atoms with van der Waals surface area (Å²) in [6.45, 7) is 0. The number of ketones is 4. The second kappa shape index (κ2) is 10.2. The first-order chi connectivity index (χ1) is 26.6. The fourth-order valence-electron chi connectivity index (χ4n) is 9.18. The van der Waals surface area contributed by atoms with Gasteiger partial charge in [0.2, 0.25) is 0 Å². The molecule has 0 amide bonds. The number of carbonyl (C=O) groups excluding carboxylic acids is 4. The van der Waals surface area contributed by atoms with Gasteiger partial charge in [0, 0.05) is 76.6 Å². The van der Waals surface area contributed by atoms with Crippen LogP contribution in [0.4, 0.5) is 0 Å². The Morgan fingerprint density at radius 1 is 0.382 bits per heavy atom. The molecule has 2 aliphatic carbocycles. The summed E-state index contributed by atoms with van der Waals surface area (Å²) in [6, 6.07) is 26.6. The number of benzene rings is 8. The summed E-state index contributed by atoms with van der Waals surface area (Å²) in [5, 5.41) is 7.24. The van der Waals surface area contributed by atoms with Crippen molar-refractivity contribution in [3.63, 3.8) is 0 Å². The number of hydrogen-bond donors (Lipinski definition) is 2. The molecule has 10 heteroatoms. The number of H-pyrrole nitrogens is 2. The van der Waals surface area contributed by atoms with Gasteiger partial charge in [0.05, 0.1) is 42.8 Å². The zero-order valence-electron chi connectivity index (χ0n) is 27.8. The number of halogens is 3. The Morgan fingerprint density at radius 2 is 0.964 bits per heavy atom. The van der Waals surface area contributed by atoms with Crippen LogP contribution in [0, 0.1) is 0 Å². The molecule has 55 heavy (non-hydrogen) atoms. The van der Waals surface area contributed by atoms with Crippen LogP contribution < -0.4 is 5.43 Å². The van der Waals surface area contributed by atoms with Crippen LogP contribution in [0.5, 0.6) is 0 Å². The fraction of sp³-hybridized carbons (Fsp3) is 0. The number of carbonyl (C=O) groups is 4. The summed E-state index contributed by atoms with van der Waals surface area (Å²) in [6.07, 6.45) is 0. The lowest BCUT2D eigenvalue weighted by molar-refractivity contribution is 0.0980. The molecule has 0 atom stereocenters. The smallest absolute Gasteiger partial charge is 0.198 e. The molecule has 0 saturated carbocycles. The number of fused-ring (bicyclic) bond motifs is 13. The Kier molecular flexibility index (Phi) is 5.77. The predicted octanol–water partition coefficient (Wildman–Crippen LogP) is 10.7. The predicted molar refractivity (Wildman–Crippen MR) is 217 cm³/mol. The number of aromatic nitrogens is 2. The van der Waals surface area contributed by atoms with E-state index in [0.29, 0.717) is 60.5 Å². The second-order valence-electron chi connectivity index (χ2n) is 14.2. The maximum Gasteiger partial charge on any atom is 0.198 e.